The van der Waals surface area contributed by atoms with E-state index in [2.05, 4.69) is 22.6 Å². The largest absolute Gasteiger partial charge is 0.505 e. The maximum absolute atomic E-state index is 15.2. The van der Waals surface area contributed by atoms with Crippen molar-refractivity contribution in [3.8, 4) is 5.75 Å². The van der Waals surface area contributed by atoms with Crippen molar-refractivity contribution < 1.29 is 28.7 Å². The lowest BCUT2D eigenvalue weighted by molar-refractivity contribution is -0.127. The third-order valence-corrected chi connectivity index (χ3v) is 11.5. The molecule has 4 aliphatic rings. The molecule has 8 rings (SSSR count). The quantitative estimate of drug-likeness (QED) is 0.135. The first-order valence-corrected chi connectivity index (χ1v) is 17.1. The molecule has 2 heterocycles. The molecule has 2 aliphatic heterocycles. The zero-order chi connectivity index (χ0) is 33.5. The van der Waals surface area contributed by atoms with E-state index >= 15 is 9.18 Å². The maximum Gasteiger partial charge on any atom is 0.246 e. The molecule has 3 fully saturated rings. The highest BCUT2D eigenvalue weighted by Crippen LogP contribution is 2.65. The molecular formula is C38H27ClFIN2O5. The van der Waals surface area contributed by atoms with Gasteiger partial charge in [0.05, 0.1) is 34.5 Å². The first kappa shape index (κ1) is 31.0. The van der Waals surface area contributed by atoms with Crippen molar-refractivity contribution in [1.29, 1.82) is 0 Å². The van der Waals surface area contributed by atoms with E-state index in [1.54, 1.807) is 72.8 Å². The number of amides is 4. The average Bonchev–Trinajstić information content (AvgIpc) is 3.47. The number of anilines is 2. The molecule has 10 heteroatoms. The van der Waals surface area contributed by atoms with Gasteiger partial charge in [0.1, 0.15) is 0 Å². The van der Waals surface area contributed by atoms with Crippen molar-refractivity contribution in [3.05, 3.63) is 134 Å². The molecule has 0 radical (unpaired) electrons. The number of carbonyl (C=O) groups excluding carboxylic acids is 4. The van der Waals surface area contributed by atoms with Gasteiger partial charge >= 0.3 is 0 Å². The summed E-state index contributed by atoms with van der Waals surface area (Å²) in [5.41, 5.74) is 0.450. The van der Waals surface area contributed by atoms with Crippen LogP contribution >= 0.6 is 34.2 Å². The molecular weight excluding hydrogens is 746 g/mol. The lowest BCUT2D eigenvalue weighted by Crippen LogP contribution is -2.53. The first-order chi connectivity index (χ1) is 23.1. The van der Waals surface area contributed by atoms with Crippen LogP contribution in [-0.2, 0) is 24.6 Å². The molecule has 6 atom stereocenters. The van der Waals surface area contributed by atoms with E-state index in [0.29, 0.717) is 21.8 Å². The number of rotatable bonds is 4. The van der Waals surface area contributed by atoms with Crippen molar-refractivity contribution in [3.63, 3.8) is 0 Å². The summed E-state index contributed by atoms with van der Waals surface area (Å²) in [5.74, 6) is -7.39. The molecule has 240 valence electrons. The number of nitrogens with zero attached hydrogens (tertiary/aromatic N) is 2. The van der Waals surface area contributed by atoms with Crippen molar-refractivity contribution in [2.24, 2.45) is 23.7 Å². The van der Waals surface area contributed by atoms with Gasteiger partial charge in [-0.05, 0) is 95.4 Å². The average molecular weight is 773 g/mol. The summed E-state index contributed by atoms with van der Waals surface area (Å²) in [7, 11) is 0. The monoisotopic (exact) mass is 772 g/mol. The summed E-state index contributed by atoms with van der Waals surface area (Å²) in [6.07, 6.45) is 2.18. The van der Waals surface area contributed by atoms with Crippen LogP contribution < -0.4 is 9.80 Å². The molecule has 7 nitrogen and oxygen atoms in total. The number of hydrogen-bond acceptors (Lipinski definition) is 5. The molecule has 0 aromatic heterocycles. The Bertz CT molecular complexity index is 2070. The number of halogens is 3. The molecule has 0 bridgehead atoms. The Hall–Kier alpha value is -4.35. The summed E-state index contributed by atoms with van der Waals surface area (Å²) in [5, 5.41) is 11.7. The summed E-state index contributed by atoms with van der Waals surface area (Å²) in [4.78, 5) is 60.5. The fourth-order valence-electron chi connectivity index (χ4n) is 8.70. The number of fused-ring (bicyclic) bond motifs is 4. The number of para-hydroxylation sites is 1. The zero-order valence-electron chi connectivity index (χ0n) is 25.2. The van der Waals surface area contributed by atoms with E-state index in [1.165, 1.54) is 11.0 Å². The summed E-state index contributed by atoms with van der Waals surface area (Å²) < 4.78 is 16.2. The summed E-state index contributed by atoms with van der Waals surface area (Å²) in [6, 6.07) is 26.7. The minimum Gasteiger partial charge on any atom is -0.505 e. The Morgan fingerprint density at radius 3 is 2.25 bits per heavy atom. The van der Waals surface area contributed by atoms with Gasteiger partial charge in [0, 0.05) is 20.1 Å². The second-order valence-electron chi connectivity index (χ2n) is 12.8. The number of imide groups is 2. The zero-order valence-corrected chi connectivity index (χ0v) is 28.1. The van der Waals surface area contributed by atoms with Crippen molar-refractivity contribution in [2.45, 2.75) is 24.2 Å². The van der Waals surface area contributed by atoms with E-state index in [9.17, 15) is 19.5 Å². The number of phenols is 1. The van der Waals surface area contributed by atoms with Crippen molar-refractivity contribution in [1.82, 2.24) is 0 Å². The van der Waals surface area contributed by atoms with Crippen molar-refractivity contribution >= 4 is 69.2 Å². The number of carbonyl (C=O) groups is 4. The van der Waals surface area contributed by atoms with Crippen LogP contribution in [0.3, 0.4) is 0 Å². The summed E-state index contributed by atoms with van der Waals surface area (Å²) in [6.45, 7) is 0. The molecule has 1 N–H and O–H groups in total. The van der Waals surface area contributed by atoms with E-state index in [0.717, 1.165) is 14.5 Å². The third kappa shape index (κ3) is 4.29. The number of hydrogen-bond donors (Lipinski definition) is 1. The standard InChI is InChI=1S/C38H27ClFIN2O5/c39-21-8-4-9-24(18-21)43-35(46)29-19-28-25(16-17-26-31(28)36(47)42(34(26)45)23-14-12-22(41)13-15-23)32(27-10-5-11-30(40)33(27)44)38(29,37(43)48)20-6-2-1-3-7-20/h1-16,18,26,28-29,31-32,44H,17,19H2/t26-,28+,29-,31-,32+,38+/m0/s1. The highest BCUT2D eigenvalue weighted by Gasteiger charge is 2.70. The predicted octanol–water partition coefficient (Wildman–Crippen LogP) is 7.16. The van der Waals surface area contributed by atoms with Gasteiger partial charge in [-0.3, -0.25) is 24.1 Å². The topological polar surface area (TPSA) is 95.0 Å². The normalized spacial score (nSPS) is 27.9. The molecule has 4 aromatic carbocycles. The fraction of sp³-hybridized carbons (Fsp3) is 0.211. The van der Waals surface area contributed by atoms with Crippen LogP contribution in [0.25, 0.3) is 0 Å². The van der Waals surface area contributed by atoms with Crippen LogP contribution in [-0.4, -0.2) is 28.7 Å². The minimum absolute atomic E-state index is 0.0929. The molecule has 4 aromatic rings. The highest BCUT2D eigenvalue weighted by atomic mass is 127. The minimum atomic E-state index is -1.61. The van der Waals surface area contributed by atoms with E-state index in [1.807, 2.05) is 18.2 Å². The SMILES string of the molecule is O=C1[C@H]2[C@H](CC=C3[C@H]2C[C@H]2C(=O)N(c4cccc(Cl)c4)C(=O)[C@@]2(c2ccccc2)[C@H]3c2cccc(F)c2O)C(=O)N1c1ccc(I)cc1. The smallest absolute Gasteiger partial charge is 0.246 e. The highest BCUT2D eigenvalue weighted by molar-refractivity contribution is 14.1. The predicted molar refractivity (Wildman–Crippen MR) is 186 cm³/mol. The second kappa shape index (κ2) is 11.4. The van der Waals surface area contributed by atoms with Gasteiger partial charge in [0.25, 0.3) is 0 Å². The van der Waals surface area contributed by atoms with Crippen LogP contribution in [0.1, 0.15) is 29.9 Å². The van der Waals surface area contributed by atoms with Gasteiger partial charge in [-0.2, -0.15) is 0 Å². The van der Waals surface area contributed by atoms with Crippen LogP contribution in [0.2, 0.25) is 5.02 Å². The third-order valence-electron chi connectivity index (χ3n) is 10.6. The molecule has 4 amide bonds. The van der Waals surface area contributed by atoms with Crippen LogP contribution in [0.4, 0.5) is 15.8 Å². The lowest BCUT2D eigenvalue weighted by atomic mass is 9.49. The Labute approximate surface area is 294 Å². The molecule has 48 heavy (non-hydrogen) atoms. The van der Waals surface area contributed by atoms with Gasteiger partial charge in [-0.25, -0.2) is 9.29 Å². The van der Waals surface area contributed by atoms with Crippen molar-refractivity contribution in [2.75, 3.05) is 9.80 Å². The number of allylic oxidation sites excluding steroid dienone is 2. The molecule has 2 aliphatic carbocycles. The Morgan fingerprint density at radius 1 is 0.792 bits per heavy atom. The van der Waals surface area contributed by atoms with Gasteiger partial charge in [0.15, 0.2) is 11.6 Å². The van der Waals surface area contributed by atoms with Gasteiger partial charge in [0.2, 0.25) is 23.6 Å². The van der Waals surface area contributed by atoms with Crippen LogP contribution in [0.5, 0.6) is 5.75 Å². The summed E-state index contributed by atoms with van der Waals surface area (Å²) >= 11 is 8.50. The maximum atomic E-state index is 15.2. The lowest BCUT2D eigenvalue weighted by Gasteiger charge is -2.50. The second-order valence-corrected chi connectivity index (χ2v) is 14.4. The fourth-order valence-corrected chi connectivity index (χ4v) is 9.24. The molecule has 2 saturated heterocycles. The Balaban J connectivity index is 1.36. The van der Waals surface area contributed by atoms with Gasteiger partial charge < -0.3 is 5.11 Å². The number of phenolic OH excluding ortho intramolecular Hbond substituents is 1. The van der Waals surface area contributed by atoms with Gasteiger partial charge in [-0.1, -0.05) is 71.8 Å². The Kier molecular flexibility index (Phi) is 7.33. The molecule has 1 saturated carbocycles. The van der Waals surface area contributed by atoms with E-state index in [4.69, 9.17) is 11.6 Å². The van der Waals surface area contributed by atoms with E-state index in [-0.39, 0.29) is 35.9 Å². The molecule has 0 spiro atoms. The van der Waals surface area contributed by atoms with E-state index < -0.39 is 58.4 Å². The van der Waals surface area contributed by atoms with Crippen LogP contribution in [0, 0.1) is 33.1 Å². The molecule has 0 unspecified atom stereocenters. The first-order valence-electron chi connectivity index (χ1n) is 15.6. The number of aromatic hydroxyl groups is 1. The number of benzene rings is 4. The van der Waals surface area contributed by atoms with Crippen LogP contribution in [0.15, 0.2) is 109 Å². The van der Waals surface area contributed by atoms with Gasteiger partial charge in [-0.15, -0.1) is 0 Å². The Morgan fingerprint density at radius 2 is 1.52 bits per heavy atom.